The van der Waals surface area contributed by atoms with Crippen LogP contribution in [0.3, 0.4) is 0 Å². The molecule has 26 heavy (non-hydrogen) atoms. The Labute approximate surface area is 155 Å². The molecule has 0 aliphatic rings. The molecule has 0 radical (unpaired) electrons. The molecule has 0 saturated carbocycles. The summed E-state index contributed by atoms with van der Waals surface area (Å²) in [6, 6.07) is 12.3. The molecule has 0 aliphatic heterocycles. The average molecular weight is 362 g/mol. The summed E-state index contributed by atoms with van der Waals surface area (Å²) in [6.07, 6.45) is 6.87. The van der Waals surface area contributed by atoms with Crippen molar-refractivity contribution in [2.45, 2.75) is 20.0 Å². The first-order chi connectivity index (χ1) is 12.8. The molecule has 0 bridgehead atoms. The standard InChI is InChI=1S/C19H18N6S/c1-14-5-2-3-7-17(14)19-23-11-16(26-19)10-20-9-15-6-4-8-22-18(15)25-13-21-12-24-25/h2-8,11-13,20H,9-10H2,1H3. The maximum atomic E-state index is 4.57. The molecule has 3 aromatic heterocycles. The van der Waals surface area contributed by atoms with Crippen molar-refractivity contribution in [1.29, 1.82) is 0 Å². The molecule has 0 atom stereocenters. The van der Waals surface area contributed by atoms with Crippen molar-refractivity contribution >= 4 is 11.3 Å². The van der Waals surface area contributed by atoms with E-state index < -0.39 is 0 Å². The second-order valence-electron chi connectivity index (χ2n) is 5.88. The predicted molar refractivity (Wildman–Crippen MR) is 102 cm³/mol. The Morgan fingerprint density at radius 3 is 2.85 bits per heavy atom. The van der Waals surface area contributed by atoms with Crippen LogP contribution in [0.25, 0.3) is 16.4 Å². The van der Waals surface area contributed by atoms with Gasteiger partial charge in [0.2, 0.25) is 0 Å². The smallest absolute Gasteiger partial charge is 0.159 e. The van der Waals surface area contributed by atoms with Crippen LogP contribution < -0.4 is 5.32 Å². The van der Waals surface area contributed by atoms with Gasteiger partial charge in [0.15, 0.2) is 5.82 Å². The van der Waals surface area contributed by atoms with Crippen LogP contribution in [0.2, 0.25) is 0 Å². The quantitative estimate of drug-likeness (QED) is 0.569. The Bertz CT molecular complexity index is 993. The molecule has 4 rings (SSSR count). The van der Waals surface area contributed by atoms with Gasteiger partial charge in [0, 0.05) is 41.5 Å². The van der Waals surface area contributed by atoms with Crippen LogP contribution in [-0.4, -0.2) is 24.7 Å². The number of aromatic nitrogens is 5. The van der Waals surface area contributed by atoms with Crippen molar-refractivity contribution in [3.05, 3.63) is 77.5 Å². The molecule has 0 fully saturated rings. The highest BCUT2D eigenvalue weighted by Crippen LogP contribution is 2.27. The van der Waals surface area contributed by atoms with E-state index in [4.69, 9.17) is 0 Å². The minimum absolute atomic E-state index is 0.695. The summed E-state index contributed by atoms with van der Waals surface area (Å²) in [6.45, 7) is 3.57. The van der Waals surface area contributed by atoms with Crippen LogP contribution in [0.5, 0.6) is 0 Å². The van der Waals surface area contributed by atoms with Crippen LogP contribution in [0.1, 0.15) is 16.0 Å². The van der Waals surface area contributed by atoms with Crippen molar-refractivity contribution in [3.63, 3.8) is 0 Å². The fraction of sp³-hybridized carbons (Fsp3) is 0.158. The van der Waals surface area contributed by atoms with Gasteiger partial charge in [-0.05, 0) is 18.6 Å². The molecule has 130 valence electrons. The molecule has 0 unspecified atom stereocenters. The Morgan fingerprint density at radius 1 is 1.08 bits per heavy atom. The third-order valence-electron chi connectivity index (χ3n) is 4.05. The third kappa shape index (κ3) is 3.54. The Balaban J connectivity index is 1.43. The lowest BCUT2D eigenvalue weighted by atomic mass is 10.1. The second-order valence-corrected chi connectivity index (χ2v) is 6.99. The zero-order chi connectivity index (χ0) is 17.8. The van der Waals surface area contributed by atoms with Gasteiger partial charge in [-0.2, -0.15) is 5.10 Å². The second kappa shape index (κ2) is 7.55. The van der Waals surface area contributed by atoms with Crippen molar-refractivity contribution < 1.29 is 0 Å². The van der Waals surface area contributed by atoms with Gasteiger partial charge >= 0.3 is 0 Å². The Kier molecular flexibility index (Phi) is 4.81. The number of benzene rings is 1. The number of nitrogens with one attached hydrogen (secondary N) is 1. The lowest BCUT2D eigenvalue weighted by molar-refractivity contribution is 0.687. The molecule has 1 aromatic carbocycles. The summed E-state index contributed by atoms with van der Waals surface area (Å²) in [5.74, 6) is 0.794. The molecule has 0 amide bonds. The zero-order valence-electron chi connectivity index (χ0n) is 14.3. The van der Waals surface area contributed by atoms with E-state index >= 15 is 0 Å². The highest BCUT2D eigenvalue weighted by molar-refractivity contribution is 7.15. The lowest BCUT2D eigenvalue weighted by Gasteiger charge is -2.08. The van der Waals surface area contributed by atoms with Gasteiger partial charge in [-0.15, -0.1) is 11.3 Å². The molecule has 4 aromatic rings. The highest BCUT2D eigenvalue weighted by atomic mass is 32.1. The van der Waals surface area contributed by atoms with Gasteiger partial charge in [-0.1, -0.05) is 30.3 Å². The molecule has 0 saturated heterocycles. The van der Waals surface area contributed by atoms with E-state index in [-0.39, 0.29) is 0 Å². The molecule has 0 spiro atoms. The van der Waals surface area contributed by atoms with E-state index in [1.165, 1.54) is 22.3 Å². The molecule has 0 aliphatic carbocycles. The molecular formula is C19H18N6S. The number of hydrogen-bond acceptors (Lipinski definition) is 6. The van der Waals surface area contributed by atoms with E-state index in [2.05, 4.69) is 56.6 Å². The molecule has 3 heterocycles. The van der Waals surface area contributed by atoms with Crippen molar-refractivity contribution in [2.75, 3.05) is 0 Å². The van der Waals surface area contributed by atoms with Crippen molar-refractivity contribution in [2.24, 2.45) is 0 Å². The third-order valence-corrected chi connectivity index (χ3v) is 5.08. The maximum Gasteiger partial charge on any atom is 0.159 e. The first-order valence-electron chi connectivity index (χ1n) is 8.31. The fourth-order valence-electron chi connectivity index (χ4n) is 2.74. The van der Waals surface area contributed by atoms with Crippen LogP contribution in [0.4, 0.5) is 0 Å². The number of aryl methyl sites for hydroxylation is 1. The van der Waals surface area contributed by atoms with E-state index in [9.17, 15) is 0 Å². The zero-order valence-corrected chi connectivity index (χ0v) is 15.1. The maximum absolute atomic E-state index is 4.57. The number of rotatable bonds is 6. The monoisotopic (exact) mass is 362 g/mol. The van der Waals surface area contributed by atoms with Crippen LogP contribution >= 0.6 is 11.3 Å². The van der Waals surface area contributed by atoms with Crippen LogP contribution in [-0.2, 0) is 13.1 Å². The summed E-state index contributed by atoms with van der Waals surface area (Å²) >= 11 is 1.72. The fourth-order valence-corrected chi connectivity index (χ4v) is 3.71. The minimum Gasteiger partial charge on any atom is -0.308 e. The van der Waals surface area contributed by atoms with E-state index in [0.717, 1.165) is 22.9 Å². The predicted octanol–water partition coefficient (Wildman–Crippen LogP) is 3.38. The first kappa shape index (κ1) is 16.6. The van der Waals surface area contributed by atoms with Crippen molar-refractivity contribution in [1.82, 2.24) is 30.0 Å². The van der Waals surface area contributed by atoms with E-state index in [0.29, 0.717) is 6.54 Å². The van der Waals surface area contributed by atoms with Gasteiger partial charge in [0.1, 0.15) is 17.7 Å². The Morgan fingerprint density at radius 2 is 2.00 bits per heavy atom. The number of pyridine rings is 1. The molecular weight excluding hydrogens is 344 g/mol. The van der Waals surface area contributed by atoms with Crippen LogP contribution in [0, 0.1) is 6.92 Å². The average Bonchev–Trinajstić information content (AvgIpc) is 3.35. The van der Waals surface area contributed by atoms with Crippen LogP contribution in [0.15, 0.2) is 61.4 Å². The summed E-state index contributed by atoms with van der Waals surface area (Å²) in [7, 11) is 0. The highest BCUT2D eigenvalue weighted by Gasteiger charge is 2.09. The van der Waals surface area contributed by atoms with Gasteiger partial charge in [0.05, 0.1) is 0 Å². The summed E-state index contributed by atoms with van der Waals surface area (Å²) in [4.78, 5) is 14.2. The van der Waals surface area contributed by atoms with E-state index in [1.54, 1.807) is 28.5 Å². The number of nitrogens with zero attached hydrogens (tertiary/aromatic N) is 5. The molecule has 7 heteroatoms. The number of hydrogen-bond donors (Lipinski definition) is 1. The normalized spacial score (nSPS) is 11.0. The van der Waals surface area contributed by atoms with Gasteiger partial charge < -0.3 is 5.32 Å². The first-order valence-corrected chi connectivity index (χ1v) is 9.13. The summed E-state index contributed by atoms with van der Waals surface area (Å²) < 4.78 is 1.68. The minimum atomic E-state index is 0.695. The SMILES string of the molecule is Cc1ccccc1-c1ncc(CNCc2cccnc2-n2cncn2)s1. The van der Waals surface area contributed by atoms with Gasteiger partial charge in [-0.25, -0.2) is 19.6 Å². The lowest BCUT2D eigenvalue weighted by Crippen LogP contribution is -2.14. The van der Waals surface area contributed by atoms with Gasteiger partial charge in [0.25, 0.3) is 0 Å². The van der Waals surface area contributed by atoms with Crippen molar-refractivity contribution in [3.8, 4) is 16.4 Å². The molecule has 1 N–H and O–H groups in total. The largest absolute Gasteiger partial charge is 0.308 e. The summed E-state index contributed by atoms with van der Waals surface area (Å²) in [5.41, 5.74) is 3.51. The summed E-state index contributed by atoms with van der Waals surface area (Å²) in [5, 5.41) is 8.69. The topological polar surface area (TPSA) is 68.5 Å². The van der Waals surface area contributed by atoms with E-state index in [1.807, 2.05) is 18.3 Å². The molecule has 6 nitrogen and oxygen atoms in total. The number of thiazole rings is 1. The van der Waals surface area contributed by atoms with Gasteiger partial charge in [-0.3, -0.25) is 0 Å². The Hall–Kier alpha value is -2.90.